The minimum absolute atomic E-state index is 0.119. The molecule has 1 heterocycles. The van der Waals surface area contributed by atoms with E-state index in [0.29, 0.717) is 36.5 Å². The number of benzene rings is 1. The van der Waals surface area contributed by atoms with Gasteiger partial charge in [0.05, 0.1) is 10.5 Å². The zero-order valence-electron chi connectivity index (χ0n) is 17.3. The van der Waals surface area contributed by atoms with E-state index in [1.807, 2.05) is 0 Å². The number of aromatic amines is 1. The number of nitrogens with one attached hydrogen (secondary N) is 1. The Morgan fingerprint density at radius 2 is 1.79 bits per heavy atom. The number of sulfonamides is 1. The molecule has 0 atom stereocenters. The van der Waals surface area contributed by atoms with Gasteiger partial charge in [-0.25, -0.2) is 8.42 Å². The Morgan fingerprint density at radius 1 is 1.14 bits per heavy atom. The predicted molar refractivity (Wildman–Crippen MR) is 114 cm³/mol. The van der Waals surface area contributed by atoms with Crippen molar-refractivity contribution in [1.82, 2.24) is 14.2 Å². The molecule has 158 valence electrons. The van der Waals surface area contributed by atoms with Crippen LogP contribution in [0.4, 0.5) is 0 Å². The smallest absolute Gasteiger partial charge is 0.254 e. The average molecular weight is 420 g/mol. The number of hydrogen-bond acceptors (Lipinski definition) is 4. The summed E-state index contributed by atoms with van der Waals surface area (Å²) < 4.78 is 27.2. The normalized spacial score (nSPS) is 15.3. The fourth-order valence-corrected chi connectivity index (χ4v) is 5.64. The van der Waals surface area contributed by atoms with Gasteiger partial charge in [0.2, 0.25) is 15.6 Å². The lowest BCUT2D eigenvalue weighted by molar-refractivity contribution is 0.0775. The number of hydrogen-bond donors (Lipinski definition) is 1. The minimum Gasteiger partial charge on any atom is -0.341 e. The van der Waals surface area contributed by atoms with Crippen LogP contribution >= 0.6 is 0 Å². The van der Waals surface area contributed by atoms with Crippen LogP contribution in [-0.4, -0.2) is 55.2 Å². The molecule has 1 aliphatic carbocycles. The maximum absolute atomic E-state index is 13.1. The maximum atomic E-state index is 13.1. The van der Waals surface area contributed by atoms with Crippen molar-refractivity contribution in [2.75, 3.05) is 26.7 Å². The molecule has 0 saturated heterocycles. The summed E-state index contributed by atoms with van der Waals surface area (Å²) in [7, 11) is -1.93. The molecule has 1 aromatic carbocycles. The van der Waals surface area contributed by atoms with Crippen LogP contribution in [0.2, 0.25) is 0 Å². The number of pyridine rings is 1. The fourth-order valence-electron chi connectivity index (χ4n) is 4.15. The summed E-state index contributed by atoms with van der Waals surface area (Å²) in [5.74, 6) is 0.223. The van der Waals surface area contributed by atoms with E-state index in [4.69, 9.17) is 0 Å². The molecule has 3 rings (SSSR count). The molecule has 1 N–H and O–H groups in total. The van der Waals surface area contributed by atoms with Crippen LogP contribution in [0.1, 0.15) is 49.9 Å². The van der Waals surface area contributed by atoms with Crippen LogP contribution in [0.15, 0.2) is 34.0 Å². The van der Waals surface area contributed by atoms with Gasteiger partial charge in [0.25, 0.3) is 5.91 Å². The van der Waals surface area contributed by atoms with Crippen molar-refractivity contribution in [3.63, 3.8) is 0 Å². The van der Waals surface area contributed by atoms with Crippen molar-refractivity contribution < 1.29 is 13.2 Å². The molecule has 8 heteroatoms. The number of rotatable bonds is 7. The van der Waals surface area contributed by atoms with Gasteiger partial charge in [0.1, 0.15) is 0 Å². The third-order valence-corrected chi connectivity index (χ3v) is 7.79. The lowest BCUT2D eigenvalue weighted by Gasteiger charge is -2.22. The Kier molecular flexibility index (Phi) is 6.43. The summed E-state index contributed by atoms with van der Waals surface area (Å²) in [6, 6.07) is 5.79. The van der Waals surface area contributed by atoms with Crippen LogP contribution in [0.25, 0.3) is 10.9 Å². The van der Waals surface area contributed by atoms with Crippen LogP contribution in [0, 0.1) is 5.92 Å². The van der Waals surface area contributed by atoms with E-state index in [1.54, 1.807) is 31.9 Å². The molecule has 1 aliphatic rings. The Bertz CT molecular complexity index is 1050. The van der Waals surface area contributed by atoms with Gasteiger partial charge in [-0.2, -0.15) is 4.31 Å². The van der Waals surface area contributed by atoms with E-state index < -0.39 is 10.0 Å². The van der Waals surface area contributed by atoms with E-state index in [2.05, 4.69) is 4.98 Å². The SMILES string of the molecule is CCN(CC)S(=O)(=O)c1ccc2[nH]c(=O)cc(C(=O)N(C)CC3CCCC3)c2c1. The highest BCUT2D eigenvalue weighted by Gasteiger charge is 2.25. The lowest BCUT2D eigenvalue weighted by Crippen LogP contribution is -2.32. The first kappa shape index (κ1) is 21.5. The number of carbonyl (C=O) groups is 1. The zero-order chi connectivity index (χ0) is 21.2. The molecule has 0 aliphatic heterocycles. The van der Waals surface area contributed by atoms with E-state index in [9.17, 15) is 18.0 Å². The third kappa shape index (κ3) is 4.38. The van der Waals surface area contributed by atoms with Gasteiger partial charge in [-0.05, 0) is 37.0 Å². The Labute approximate surface area is 171 Å². The van der Waals surface area contributed by atoms with Crippen molar-refractivity contribution >= 4 is 26.8 Å². The highest BCUT2D eigenvalue weighted by atomic mass is 32.2. The van der Waals surface area contributed by atoms with Crippen LogP contribution in [0.5, 0.6) is 0 Å². The van der Waals surface area contributed by atoms with Crippen molar-refractivity contribution in [3.05, 3.63) is 40.2 Å². The van der Waals surface area contributed by atoms with Gasteiger partial charge in [-0.3, -0.25) is 9.59 Å². The quantitative estimate of drug-likeness (QED) is 0.747. The summed E-state index contributed by atoms with van der Waals surface area (Å²) in [6.45, 7) is 4.93. The van der Waals surface area contributed by atoms with E-state index >= 15 is 0 Å². The van der Waals surface area contributed by atoms with Crippen molar-refractivity contribution in [2.24, 2.45) is 5.92 Å². The standard InChI is InChI=1S/C21H29N3O4S/c1-4-24(5-2)29(27,28)16-10-11-19-17(12-16)18(13-20(25)22-19)21(26)23(3)14-15-8-6-7-9-15/h10-13,15H,4-9,14H2,1-3H3,(H,22,25). The van der Waals surface area contributed by atoms with E-state index in [1.165, 1.54) is 35.3 Å². The largest absolute Gasteiger partial charge is 0.341 e. The molecule has 1 aromatic heterocycles. The van der Waals surface area contributed by atoms with Crippen molar-refractivity contribution in [1.29, 1.82) is 0 Å². The molecule has 1 amide bonds. The number of nitrogens with zero attached hydrogens (tertiary/aromatic N) is 2. The first-order valence-corrected chi connectivity index (χ1v) is 11.6. The lowest BCUT2D eigenvalue weighted by atomic mass is 10.1. The zero-order valence-corrected chi connectivity index (χ0v) is 18.1. The van der Waals surface area contributed by atoms with Gasteiger partial charge in [0, 0.05) is 43.7 Å². The van der Waals surface area contributed by atoms with Crippen LogP contribution < -0.4 is 5.56 Å². The number of aromatic nitrogens is 1. The topological polar surface area (TPSA) is 90.5 Å². The number of carbonyl (C=O) groups excluding carboxylic acids is 1. The Hall–Kier alpha value is -2.19. The second-order valence-corrected chi connectivity index (χ2v) is 9.62. The molecule has 2 aromatic rings. The van der Waals surface area contributed by atoms with Crippen LogP contribution in [-0.2, 0) is 10.0 Å². The first-order chi connectivity index (χ1) is 13.8. The number of amides is 1. The summed E-state index contributed by atoms with van der Waals surface area (Å²) in [5.41, 5.74) is 0.309. The highest BCUT2D eigenvalue weighted by Crippen LogP contribution is 2.27. The van der Waals surface area contributed by atoms with Crippen molar-refractivity contribution in [2.45, 2.75) is 44.4 Å². The fraction of sp³-hybridized carbons (Fsp3) is 0.524. The predicted octanol–water partition coefficient (Wildman–Crippen LogP) is 2.82. The summed E-state index contributed by atoms with van der Waals surface area (Å²) in [5, 5.41) is 0.445. The first-order valence-electron chi connectivity index (χ1n) is 10.2. The molecular formula is C21H29N3O4S. The molecule has 1 fully saturated rings. The molecule has 29 heavy (non-hydrogen) atoms. The Balaban J connectivity index is 2.04. The molecular weight excluding hydrogens is 390 g/mol. The van der Waals surface area contributed by atoms with Gasteiger partial charge in [-0.1, -0.05) is 26.7 Å². The minimum atomic E-state index is -3.67. The highest BCUT2D eigenvalue weighted by molar-refractivity contribution is 7.89. The summed E-state index contributed by atoms with van der Waals surface area (Å²) in [6.07, 6.45) is 4.60. The number of fused-ring (bicyclic) bond motifs is 1. The van der Waals surface area contributed by atoms with Gasteiger partial charge in [-0.15, -0.1) is 0 Å². The second-order valence-electron chi connectivity index (χ2n) is 7.68. The molecule has 0 bridgehead atoms. The number of H-pyrrole nitrogens is 1. The van der Waals surface area contributed by atoms with E-state index in [-0.39, 0.29) is 21.9 Å². The average Bonchev–Trinajstić information content (AvgIpc) is 3.20. The molecule has 0 unspecified atom stereocenters. The van der Waals surface area contributed by atoms with Gasteiger partial charge in [0.15, 0.2) is 0 Å². The summed E-state index contributed by atoms with van der Waals surface area (Å²) in [4.78, 5) is 29.7. The third-order valence-electron chi connectivity index (χ3n) is 5.74. The Morgan fingerprint density at radius 3 is 2.41 bits per heavy atom. The molecule has 7 nitrogen and oxygen atoms in total. The van der Waals surface area contributed by atoms with Gasteiger partial charge < -0.3 is 9.88 Å². The van der Waals surface area contributed by atoms with Crippen molar-refractivity contribution in [3.8, 4) is 0 Å². The monoisotopic (exact) mass is 419 g/mol. The molecule has 1 saturated carbocycles. The second kappa shape index (κ2) is 8.67. The van der Waals surface area contributed by atoms with Gasteiger partial charge >= 0.3 is 0 Å². The molecule has 0 radical (unpaired) electrons. The maximum Gasteiger partial charge on any atom is 0.254 e. The van der Waals surface area contributed by atoms with Crippen LogP contribution in [0.3, 0.4) is 0 Å². The molecule has 0 spiro atoms. The van der Waals surface area contributed by atoms with E-state index in [0.717, 1.165) is 12.8 Å². The summed E-state index contributed by atoms with van der Waals surface area (Å²) >= 11 is 0.